The minimum atomic E-state index is -0.215. The Morgan fingerprint density at radius 2 is 2.12 bits per heavy atom. The summed E-state index contributed by atoms with van der Waals surface area (Å²) in [6.07, 6.45) is 2.01. The molecule has 0 unspecified atom stereocenters. The number of hydrogen-bond donors (Lipinski definition) is 2. The molecule has 0 radical (unpaired) electrons. The average Bonchev–Trinajstić information content (AvgIpc) is 2.90. The standard InChI is InChI=1S/C13H15N3O/c1-16-11(9-3-2-4-10(17)7-9)8-12(15-16)13(14)5-6-13/h2-4,7-8,17H,5-6,14H2,1H3. The molecule has 1 saturated carbocycles. The lowest BCUT2D eigenvalue weighted by molar-refractivity contribution is 0.475. The smallest absolute Gasteiger partial charge is 0.116 e. The molecular weight excluding hydrogens is 214 g/mol. The highest BCUT2D eigenvalue weighted by Crippen LogP contribution is 2.42. The fraction of sp³-hybridized carbons (Fsp3) is 0.308. The number of rotatable bonds is 2. The van der Waals surface area contributed by atoms with Gasteiger partial charge in [0.05, 0.1) is 16.9 Å². The van der Waals surface area contributed by atoms with Crippen LogP contribution in [0.4, 0.5) is 0 Å². The Morgan fingerprint density at radius 3 is 2.76 bits per heavy atom. The molecule has 17 heavy (non-hydrogen) atoms. The molecule has 0 atom stereocenters. The Bertz CT molecular complexity index is 570. The van der Waals surface area contributed by atoms with Gasteiger partial charge in [-0.25, -0.2) is 0 Å². The van der Waals surface area contributed by atoms with Gasteiger partial charge in [0.2, 0.25) is 0 Å². The van der Waals surface area contributed by atoms with Gasteiger partial charge in [0.1, 0.15) is 5.75 Å². The van der Waals surface area contributed by atoms with Crippen molar-refractivity contribution >= 4 is 0 Å². The van der Waals surface area contributed by atoms with Crippen molar-refractivity contribution in [1.82, 2.24) is 9.78 Å². The quantitative estimate of drug-likeness (QED) is 0.824. The monoisotopic (exact) mass is 229 g/mol. The lowest BCUT2D eigenvalue weighted by Crippen LogP contribution is -2.19. The summed E-state index contributed by atoms with van der Waals surface area (Å²) >= 11 is 0. The Balaban J connectivity index is 2.06. The molecule has 0 spiro atoms. The van der Waals surface area contributed by atoms with Crippen LogP contribution in [-0.2, 0) is 12.6 Å². The average molecular weight is 229 g/mol. The first-order valence-electron chi connectivity index (χ1n) is 5.71. The maximum Gasteiger partial charge on any atom is 0.116 e. The molecule has 0 bridgehead atoms. The zero-order chi connectivity index (χ0) is 12.0. The predicted molar refractivity (Wildman–Crippen MR) is 65.4 cm³/mol. The third-order valence-corrected chi connectivity index (χ3v) is 3.32. The summed E-state index contributed by atoms with van der Waals surface area (Å²) in [5, 5.41) is 14.0. The molecule has 4 nitrogen and oxygen atoms in total. The van der Waals surface area contributed by atoms with Gasteiger partial charge in [-0.2, -0.15) is 5.10 Å². The number of phenols is 1. The lowest BCUT2D eigenvalue weighted by Gasteiger charge is -2.01. The van der Waals surface area contributed by atoms with E-state index < -0.39 is 0 Å². The van der Waals surface area contributed by atoms with E-state index in [4.69, 9.17) is 5.73 Å². The van der Waals surface area contributed by atoms with Crippen molar-refractivity contribution in [3.8, 4) is 17.0 Å². The minimum absolute atomic E-state index is 0.215. The molecule has 4 heteroatoms. The summed E-state index contributed by atoms with van der Waals surface area (Å²) in [5.41, 5.74) is 8.79. The van der Waals surface area contributed by atoms with Crippen LogP contribution in [0, 0.1) is 0 Å². The molecule has 0 aliphatic heterocycles. The van der Waals surface area contributed by atoms with E-state index in [1.54, 1.807) is 12.1 Å². The number of phenolic OH excluding ortho intramolecular Hbond substituents is 1. The second kappa shape index (κ2) is 3.34. The van der Waals surface area contributed by atoms with Gasteiger partial charge in [-0.05, 0) is 31.0 Å². The third-order valence-electron chi connectivity index (χ3n) is 3.32. The van der Waals surface area contributed by atoms with E-state index in [0.717, 1.165) is 29.8 Å². The van der Waals surface area contributed by atoms with Crippen molar-refractivity contribution in [1.29, 1.82) is 0 Å². The molecule has 0 saturated heterocycles. The summed E-state index contributed by atoms with van der Waals surface area (Å²) in [7, 11) is 1.90. The fourth-order valence-electron chi connectivity index (χ4n) is 2.04. The van der Waals surface area contributed by atoms with E-state index in [9.17, 15) is 5.11 Å². The molecule has 1 fully saturated rings. The highest BCUT2D eigenvalue weighted by molar-refractivity contribution is 5.62. The van der Waals surface area contributed by atoms with Crippen LogP contribution in [0.25, 0.3) is 11.3 Å². The van der Waals surface area contributed by atoms with Gasteiger partial charge in [0.25, 0.3) is 0 Å². The molecule has 3 N–H and O–H groups in total. The van der Waals surface area contributed by atoms with Gasteiger partial charge in [0, 0.05) is 12.6 Å². The Kier molecular flexibility index (Phi) is 2.03. The molecule has 1 aromatic heterocycles. The van der Waals surface area contributed by atoms with Crippen LogP contribution in [0.5, 0.6) is 5.75 Å². The first-order valence-corrected chi connectivity index (χ1v) is 5.71. The molecule has 1 aliphatic rings. The lowest BCUT2D eigenvalue weighted by atomic mass is 10.1. The van der Waals surface area contributed by atoms with E-state index in [1.165, 1.54) is 0 Å². The highest BCUT2D eigenvalue weighted by atomic mass is 16.3. The van der Waals surface area contributed by atoms with Crippen molar-refractivity contribution in [2.45, 2.75) is 18.4 Å². The van der Waals surface area contributed by atoms with Crippen LogP contribution < -0.4 is 5.73 Å². The second-order valence-corrected chi connectivity index (χ2v) is 4.74. The molecule has 2 aromatic rings. The summed E-state index contributed by atoms with van der Waals surface area (Å²) in [5.74, 6) is 0.263. The summed E-state index contributed by atoms with van der Waals surface area (Å²) in [6.45, 7) is 0. The van der Waals surface area contributed by atoms with Crippen molar-refractivity contribution in [2.75, 3.05) is 0 Å². The van der Waals surface area contributed by atoms with E-state index in [1.807, 2.05) is 29.9 Å². The number of aromatic hydroxyl groups is 1. The van der Waals surface area contributed by atoms with Crippen LogP contribution in [-0.4, -0.2) is 14.9 Å². The molecular formula is C13H15N3O. The zero-order valence-electron chi connectivity index (χ0n) is 9.72. The number of benzene rings is 1. The Labute approximate surface area is 99.7 Å². The second-order valence-electron chi connectivity index (χ2n) is 4.74. The normalized spacial score (nSPS) is 17.1. The van der Waals surface area contributed by atoms with E-state index in [0.29, 0.717) is 0 Å². The number of nitrogens with two attached hydrogens (primary N) is 1. The highest BCUT2D eigenvalue weighted by Gasteiger charge is 2.42. The first-order chi connectivity index (χ1) is 8.08. The van der Waals surface area contributed by atoms with Crippen molar-refractivity contribution in [3.63, 3.8) is 0 Å². The summed E-state index contributed by atoms with van der Waals surface area (Å²) in [6, 6.07) is 9.19. The van der Waals surface area contributed by atoms with Crippen LogP contribution in [0.3, 0.4) is 0 Å². The minimum Gasteiger partial charge on any atom is -0.508 e. The van der Waals surface area contributed by atoms with E-state index in [2.05, 4.69) is 5.10 Å². The molecule has 0 amide bonds. The molecule has 1 heterocycles. The predicted octanol–water partition coefficient (Wildman–Crippen LogP) is 1.74. The van der Waals surface area contributed by atoms with Gasteiger partial charge in [-0.15, -0.1) is 0 Å². The zero-order valence-corrected chi connectivity index (χ0v) is 9.72. The Hall–Kier alpha value is -1.81. The van der Waals surface area contributed by atoms with Gasteiger partial charge in [-0.1, -0.05) is 12.1 Å². The SMILES string of the molecule is Cn1nc(C2(N)CC2)cc1-c1cccc(O)c1. The topological polar surface area (TPSA) is 64.1 Å². The van der Waals surface area contributed by atoms with E-state index in [-0.39, 0.29) is 11.3 Å². The first kappa shape index (κ1) is 10.4. The maximum absolute atomic E-state index is 9.49. The number of aryl methyl sites for hydroxylation is 1. The number of hydrogen-bond acceptors (Lipinski definition) is 3. The fourth-order valence-corrected chi connectivity index (χ4v) is 2.04. The molecule has 1 aliphatic carbocycles. The summed E-state index contributed by atoms with van der Waals surface area (Å²) < 4.78 is 1.82. The molecule has 3 rings (SSSR count). The van der Waals surface area contributed by atoms with E-state index >= 15 is 0 Å². The van der Waals surface area contributed by atoms with Crippen LogP contribution >= 0.6 is 0 Å². The van der Waals surface area contributed by atoms with Gasteiger partial charge >= 0.3 is 0 Å². The van der Waals surface area contributed by atoms with Crippen molar-refractivity contribution in [3.05, 3.63) is 36.0 Å². The van der Waals surface area contributed by atoms with Gasteiger partial charge in [0.15, 0.2) is 0 Å². The Morgan fingerprint density at radius 1 is 1.35 bits per heavy atom. The van der Waals surface area contributed by atoms with Crippen LogP contribution in [0.15, 0.2) is 30.3 Å². The number of nitrogens with zero attached hydrogens (tertiary/aromatic N) is 2. The maximum atomic E-state index is 9.49. The largest absolute Gasteiger partial charge is 0.508 e. The van der Waals surface area contributed by atoms with Crippen LogP contribution in [0.2, 0.25) is 0 Å². The number of aromatic nitrogens is 2. The molecule has 1 aromatic carbocycles. The van der Waals surface area contributed by atoms with Gasteiger partial charge < -0.3 is 10.8 Å². The van der Waals surface area contributed by atoms with Crippen molar-refractivity contribution < 1.29 is 5.11 Å². The third kappa shape index (κ3) is 1.70. The summed E-state index contributed by atoms with van der Waals surface area (Å²) in [4.78, 5) is 0. The van der Waals surface area contributed by atoms with Gasteiger partial charge in [-0.3, -0.25) is 4.68 Å². The van der Waals surface area contributed by atoms with Crippen LogP contribution in [0.1, 0.15) is 18.5 Å². The van der Waals surface area contributed by atoms with Crippen molar-refractivity contribution in [2.24, 2.45) is 12.8 Å². The molecule has 88 valence electrons.